The largest absolute Gasteiger partial charge is 0.330 e. The molecule has 3 N–H and O–H groups in total. The van der Waals surface area contributed by atoms with Gasteiger partial charge in [0.05, 0.1) is 5.52 Å². The maximum Gasteiger partial charge on any atom is 0.109 e. The van der Waals surface area contributed by atoms with Crippen LogP contribution in [0.1, 0.15) is 12.0 Å². The Hall–Kier alpha value is -0.870. The highest BCUT2D eigenvalue weighted by Gasteiger charge is 2.06. The minimum Gasteiger partial charge on any atom is -0.330 e. The van der Waals surface area contributed by atoms with Gasteiger partial charge in [0.25, 0.3) is 0 Å². The van der Waals surface area contributed by atoms with Crippen molar-refractivity contribution < 1.29 is 0 Å². The quantitative estimate of drug-likeness (QED) is 0.882. The molecule has 0 aliphatic heterocycles. The Bertz CT molecular complexity index is 436. The number of benzene rings is 1. The van der Waals surface area contributed by atoms with E-state index in [1.165, 1.54) is 10.9 Å². The highest BCUT2D eigenvalue weighted by molar-refractivity contribution is 9.10. The lowest BCUT2D eigenvalue weighted by Crippen LogP contribution is -2.00. The number of fused-ring (bicyclic) bond motifs is 1. The van der Waals surface area contributed by atoms with Crippen LogP contribution in [0.25, 0.3) is 10.9 Å². The molecular formula is C10H12BrN3. The summed E-state index contributed by atoms with van der Waals surface area (Å²) in [4.78, 5) is 0. The van der Waals surface area contributed by atoms with Crippen LogP contribution in [-0.2, 0) is 6.42 Å². The van der Waals surface area contributed by atoms with Crippen molar-refractivity contribution >= 4 is 26.8 Å². The number of nitrogens with zero attached hydrogens (tertiary/aromatic N) is 1. The van der Waals surface area contributed by atoms with Gasteiger partial charge in [0.1, 0.15) is 4.60 Å². The Kier molecular flexibility index (Phi) is 2.84. The summed E-state index contributed by atoms with van der Waals surface area (Å²) in [6, 6.07) is 6.16. The second-order valence-corrected chi connectivity index (χ2v) is 4.03. The summed E-state index contributed by atoms with van der Waals surface area (Å²) in [6.07, 6.45) is 2.02. The van der Waals surface area contributed by atoms with Gasteiger partial charge in [-0.2, -0.15) is 5.10 Å². The van der Waals surface area contributed by atoms with Crippen molar-refractivity contribution in [3.8, 4) is 0 Å². The van der Waals surface area contributed by atoms with Gasteiger partial charge in [0.2, 0.25) is 0 Å². The van der Waals surface area contributed by atoms with Crippen LogP contribution in [0, 0.1) is 0 Å². The Morgan fingerprint density at radius 2 is 2.29 bits per heavy atom. The van der Waals surface area contributed by atoms with E-state index in [-0.39, 0.29) is 0 Å². The Morgan fingerprint density at radius 3 is 3.07 bits per heavy atom. The van der Waals surface area contributed by atoms with Crippen LogP contribution in [0.15, 0.2) is 22.8 Å². The summed E-state index contributed by atoms with van der Waals surface area (Å²) in [5, 5.41) is 8.29. The molecule has 0 atom stereocenters. The van der Waals surface area contributed by atoms with Crippen molar-refractivity contribution in [3.63, 3.8) is 0 Å². The van der Waals surface area contributed by atoms with Crippen LogP contribution >= 0.6 is 15.9 Å². The first-order chi connectivity index (χ1) is 6.83. The summed E-state index contributed by atoms with van der Waals surface area (Å²) in [6.45, 7) is 0.728. The zero-order valence-corrected chi connectivity index (χ0v) is 9.34. The molecule has 0 saturated carbocycles. The summed E-state index contributed by atoms with van der Waals surface area (Å²) < 4.78 is 0.958. The number of halogens is 1. The zero-order chi connectivity index (χ0) is 9.97. The van der Waals surface area contributed by atoms with E-state index in [1.807, 2.05) is 12.1 Å². The van der Waals surface area contributed by atoms with E-state index in [4.69, 9.17) is 5.73 Å². The second kappa shape index (κ2) is 4.11. The van der Waals surface area contributed by atoms with Gasteiger partial charge < -0.3 is 5.73 Å². The molecule has 74 valence electrons. The highest BCUT2D eigenvalue weighted by atomic mass is 79.9. The molecular weight excluding hydrogens is 242 g/mol. The lowest BCUT2D eigenvalue weighted by atomic mass is 10.1. The van der Waals surface area contributed by atoms with Gasteiger partial charge in [0, 0.05) is 5.39 Å². The van der Waals surface area contributed by atoms with Crippen LogP contribution in [0.2, 0.25) is 0 Å². The Morgan fingerprint density at radius 1 is 1.43 bits per heavy atom. The van der Waals surface area contributed by atoms with Crippen molar-refractivity contribution in [2.45, 2.75) is 12.8 Å². The van der Waals surface area contributed by atoms with E-state index in [0.29, 0.717) is 0 Å². The average molecular weight is 254 g/mol. The average Bonchev–Trinajstić information content (AvgIpc) is 2.58. The standard InChI is InChI=1S/C10H12BrN3/c11-10-9-7(4-2-6-12)3-1-5-8(9)13-14-10/h1,3,5H,2,4,6,12H2,(H,13,14). The van der Waals surface area contributed by atoms with Crippen LogP contribution in [0.5, 0.6) is 0 Å². The summed E-state index contributed by atoms with van der Waals surface area (Å²) >= 11 is 3.46. The number of hydrogen-bond acceptors (Lipinski definition) is 2. The van der Waals surface area contributed by atoms with Crippen molar-refractivity contribution in [1.29, 1.82) is 0 Å². The number of rotatable bonds is 3. The molecule has 0 saturated heterocycles. The third kappa shape index (κ3) is 1.67. The zero-order valence-electron chi connectivity index (χ0n) is 7.76. The van der Waals surface area contributed by atoms with Crippen LogP contribution in [0.3, 0.4) is 0 Å². The fourth-order valence-electron chi connectivity index (χ4n) is 1.60. The van der Waals surface area contributed by atoms with Crippen molar-refractivity contribution in [2.75, 3.05) is 6.54 Å². The molecule has 2 aromatic rings. The second-order valence-electron chi connectivity index (χ2n) is 3.24. The monoisotopic (exact) mass is 253 g/mol. The molecule has 0 radical (unpaired) electrons. The minimum atomic E-state index is 0.728. The third-order valence-electron chi connectivity index (χ3n) is 2.27. The minimum absolute atomic E-state index is 0.728. The molecule has 3 nitrogen and oxygen atoms in total. The number of nitrogens with two attached hydrogens (primary N) is 1. The lowest BCUT2D eigenvalue weighted by Gasteiger charge is -2.01. The fraction of sp³-hybridized carbons (Fsp3) is 0.300. The normalized spacial score (nSPS) is 11.0. The molecule has 0 fully saturated rings. The molecule has 0 bridgehead atoms. The van der Waals surface area contributed by atoms with Gasteiger partial charge in [-0.05, 0) is 46.9 Å². The number of hydrogen-bond donors (Lipinski definition) is 2. The van der Waals surface area contributed by atoms with Gasteiger partial charge >= 0.3 is 0 Å². The van der Waals surface area contributed by atoms with Gasteiger partial charge in [-0.3, -0.25) is 5.10 Å². The van der Waals surface area contributed by atoms with Crippen LogP contribution < -0.4 is 5.73 Å². The van der Waals surface area contributed by atoms with E-state index in [0.717, 1.165) is 29.5 Å². The molecule has 0 spiro atoms. The SMILES string of the molecule is NCCCc1cccc2n[nH]c(Br)c12. The Balaban J connectivity index is 2.46. The maximum atomic E-state index is 5.50. The lowest BCUT2D eigenvalue weighted by molar-refractivity contribution is 0.837. The van der Waals surface area contributed by atoms with Crippen LogP contribution in [-0.4, -0.2) is 16.7 Å². The summed E-state index contributed by atoms with van der Waals surface area (Å²) in [7, 11) is 0. The van der Waals surface area contributed by atoms with Gasteiger partial charge in [-0.1, -0.05) is 12.1 Å². The predicted molar refractivity (Wildman–Crippen MR) is 61.2 cm³/mol. The van der Waals surface area contributed by atoms with E-state index >= 15 is 0 Å². The Labute approximate surface area is 90.8 Å². The smallest absolute Gasteiger partial charge is 0.109 e. The van der Waals surface area contributed by atoms with E-state index in [9.17, 15) is 0 Å². The van der Waals surface area contributed by atoms with Gasteiger partial charge in [0.15, 0.2) is 0 Å². The predicted octanol–water partition coefficient (Wildman–Crippen LogP) is 2.22. The number of H-pyrrole nitrogens is 1. The summed E-state index contributed by atoms with van der Waals surface area (Å²) in [5.41, 5.74) is 7.80. The molecule has 0 aliphatic carbocycles. The van der Waals surface area contributed by atoms with Crippen molar-refractivity contribution in [3.05, 3.63) is 28.4 Å². The number of nitrogens with one attached hydrogen (secondary N) is 1. The highest BCUT2D eigenvalue weighted by Crippen LogP contribution is 2.25. The first kappa shape index (κ1) is 9.68. The maximum absolute atomic E-state index is 5.50. The number of aromatic nitrogens is 2. The van der Waals surface area contributed by atoms with E-state index in [2.05, 4.69) is 32.2 Å². The summed E-state index contributed by atoms with van der Waals surface area (Å²) in [5.74, 6) is 0. The molecule has 2 rings (SSSR count). The topological polar surface area (TPSA) is 54.7 Å². The van der Waals surface area contributed by atoms with Crippen LogP contribution in [0.4, 0.5) is 0 Å². The molecule has 14 heavy (non-hydrogen) atoms. The first-order valence-electron chi connectivity index (χ1n) is 4.64. The molecule has 0 amide bonds. The molecule has 1 heterocycles. The van der Waals surface area contributed by atoms with Crippen molar-refractivity contribution in [1.82, 2.24) is 10.2 Å². The van der Waals surface area contributed by atoms with Gasteiger partial charge in [-0.25, -0.2) is 0 Å². The first-order valence-corrected chi connectivity index (χ1v) is 5.44. The molecule has 0 unspecified atom stereocenters. The molecule has 0 aliphatic rings. The van der Waals surface area contributed by atoms with Crippen molar-refractivity contribution in [2.24, 2.45) is 5.73 Å². The number of aromatic amines is 1. The molecule has 1 aromatic heterocycles. The third-order valence-corrected chi connectivity index (χ3v) is 2.85. The van der Waals surface area contributed by atoms with E-state index < -0.39 is 0 Å². The fourth-order valence-corrected chi connectivity index (χ4v) is 2.15. The van der Waals surface area contributed by atoms with E-state index in [1.54, 1.807) is 0 Å². The molecule has 4 heteroatoms. The number of aryl methyl sites for hydroxylation is 1. The van der Waals surface area contributed by atoms with Gasteiger partial charge in [-0.15, -0.1) is 0 Å². The molecule has 1 aromatic carbocycles.